The van der Waals surface area contributed by atoms with Crippen molar-refractivity contribution in [1.29, 1.82) is 0 Å². The maximum atomic E-state index is 12.3. The van der Waals surface area contributed by atoms with Crippen LogP contribution >= 0.6 is 0 Å². The molecule has 10 heteroatoms. The van der Waals surface area contributed by atoms with Gasteiger partial charge >= 0.3 is 6.01 Å². The van der Waals surface area contributed by atoms with Gasteiger partial charge in [-0.3, -0.25) is 4.98 Å². The summed E-state index contributed by atoms with van der Waals surface area (Å²) in [5, 5.41) is 7.68. The standard InChI is InChI=1S/C19H22N6O3S.2H2/c1-11(2)29(26,27)15-6-4-13(5-7-15)16-8-21-12(3)17(22-16)18-23-24-19(28-18)25-9-14(20)10-25;;/h4-8,11,14H,9-10,20H2,1-3H3;2*1H. The van der Waals surface area contributed by atoms with Gasteiger partial charge in [-0.15, -0.1) is 5.10 Å². The Bertz CT molecular complexity index is 1150. The normalized spacial score (nSPS) is 15.0. The summed E-state index contributed by atoms with van der Waals surface area (Å²) in [6, 6.07) is 7.15. The number of rotatable bonds is 5. The maximum absolute atomic E-state index is 12.3. The summed E-state index contributed by atoms with van der Waals surface area (Å²) in [5.41, 5.74) is 8.27. The Hall–Kier alpha value is -2.85. The molecular weight excluding hydrogens is 392 g/mol. The third kappa shape index (κ3) is 3.60. The van der Waals surface area contributed by atoms with Gasteiger partial charge in [0.05, 0.1) is 27.7 Å². The second-order valence-corrected chi connectivity index (χ2v) is 9.87. The highest BCUT2D eigenvalue weighted by atomic mass is 32.2. The van der Waals surface area contributed by atoms with Crippen LogP contribution in [0, 0.1) is 6.92 Å². The van der Waals surface area contributed by atoms with Crippen LogP contribution < -0.4 is 10.6 Å². The molecule has 0 atom stereocenters. The first-order valence-electron chi connectivity index (χ1n) is 9.28. The molecule has 0 amide bonds. The molecule has 0 bridgehead atoms. The van der Waals surface area contributed by atoms with Crippen LogP contribution in [-0.2, 0) is 9.84 Å². The molecule has 1 saturated heterocycles. The smallest absolute Gasteiger partial charge is 0.318 e. The molecule has 0 radical (unpaired) electrons. The molecule has 0 saturated carbocycles. The number of aryl methyl sites for hydroxylation is 1. The molecule has 3 aromatic rings. The number of hydrogen-bond acceptors (Lipinski definition) is 9. The molecule has 1 aliphatic heterocycles. The molecule has 9 nitrogen and oxygen atoms in total. The van der Waals surface area contributed by atoms with Gasteiger partial charge in [0.25, 0.3) is 5.89 Å². The predicted molar refractivity (Wildman–Crippen MR) is 112 cm³/mol. The quantitative estimate of drug-likeness (QED) is 0.663. The highest BCUT2D eigenvalue weighted by Crippen LogP contribution is 2.27. The molecule has 3 heterocycles. The van der Waals surface area contributed by atoms with E-state index in [1.165, 1.54) is 0 Å². The highest BCUT2D eigenvalue weighted by Gasteiger charge is 2.28. The van der Waals surface area contributed by atoms with Crippen molar-refractivity contribution in [2.24, 2.45) is 5.73 Å². The summed E-state index contributed by atoms with van der Waals surface area (Å²) in [6.45, 7) is 6.49. The summed E-state index contributed by atoms with van der Waals surface area (Å²) in [5.74, 6) is 0.284. The van der Waals surface area contributed by atoms with Crippen LogP contribution in [-0.4, -0.2) is 53.0 Å². The molecule has 2 aromatic heterocycles. The fourth-order valence-corrected chi connectivity index (χ4v) is 4.05. The Labute approximate surface area is 171 Å². The minimum atomic E-state index is -3.32. The van der Waals surface area contributed by atoms with Gasteiger partial charge < -0.3 is 15.1 Å². The number of hydrogen-bond donors (Lipinski definition) is 1. The molecular formula is C19H26N6O3S. The van der Waals surface area contributed by atoms with Crippen LogP contribution in [0.2, 0.25) is 0 Å². The van der Waals surface area contributed by atoms with Crippen LogP contribution in [0.3, 0.4) is 0 Å². The first-order valence-corrected chi connectivity index (χ1v) is 10.8. The number of sulfone groups is 1. The van der Waals surface area contributed by atoms with Crippen molar-refractivity contribution in [1.82, 2.24) is 20.2 Å². The van der Waals surface area contributed by atoms with Crippen LogP contribution in [0.25, 0.3) is 22.8 Å². The topological polar surface area (TPSA) is 128 Å². The number of benzene rings is 1. The SMILES string of the molecule is Cc1ncc(-c2ccc(S(=O)(=O)C(C)C)cc2)nc1-c1nnc(N2CC(N)C2)o1.[HH].[HH]. The average molecular weight is 419 g/mol. The van der Waals surface area contributed by atoms with Gasteiger partial charge in [-0.25, -0.2) is 13.4 Å². The minimum Gasteiger partial charge on any atom is -0.401 e. The lowest BCUT2D eigenvalue weighted by molar-refractivity contribution is 0.452. The Kier molecular flexibility index (Phi) is 4.83. The van der Waals surface area contributed by atoms with E-state index in [1.54, 1.807) is 44.3 Å². The van der Waals surface area contributed by atoms with Gasteiger partial charge in [-0.2, -0.15) is 0 Å². The minimum absolute atomic E-state index is 0. The van der Waals surface area contributed by atoms with Gasteiger partial charge in [0.15, 0.2) is 9.84 Å². The monoisotopic (exact) mass is 418 g/mol. The van der Waals surface area contributed by atoms with Crippen molar-refractivity contribution >= 4 is 15.9 Å². The summed E-state index contributed by atoms with van der Waals surface area (Å²) in [6.07, 6.45) is 1.64. The second-order valence-electron chi connectivity index (χ2n) is 7.36. The van der Waals surface area contributed by atoms with Crippen molar-refractivity contribution in [2.75, 3.05) is 18.0 Å². The molecule has 0 unspecified atom stereocenters. The summed E-state index contributed by atoms with van der Waals surface area (Å²) >= 11 is 0. The summed E-state index contributed by atoms with van der Waals surface area (Å²) < 4.78 is 30.4. The number of nitrogens with two attached hydrogens (primary N) is 1. The van der Waals surface area contributed by atoms with Crippen LogP contribution in [0.5, 0.6) is 0 Å². The molecule has 29 heavy (non-hydrogen) atoms. The van der Waals surface area contributed by atoms with E-state index in [1.807, 2.05) is 11.8 Å². The second kappa shape index (κ2) is 7.20. The van der Waals surface area contributed by atoms with Gasteiger partial charge in [0.2, 0.25) is 0 Å². The average Bonchev–Trinajstić information content (AvgIpc) is 3.15. The van der Waals surface area contributed by atoms with Crippen LogP contribution in [0.15, 0.2) is 39.8 Å². The van der Waals surface area contributed by atoms with Gasteiger partial charge in [-0.05, 0) is 32.9 Å². The summed E-state index contributed by atoms with van der Waals surface area (Å²) in [7, 11) is -3.32. The van der Waals surface area contributed by atoms with Crippen LogP contribution in [0.1, 0.15) is 22.4 Å². The van der Waals surface area contributed by atoms with Gasteiger partial charge in [0, 0.05) is 27.5 Å². The van der Waals surface area contributed by atoms with E-state index >= 15 is 0 Å². The lowest BCUT2D eigenvalue weighted by Crippen LogP contribution is -2.56. The first kappa shape index (κ1) is 19.5. The number of nitrogens with zero attached hydrogens (tertiary/aromatic N) is 5. The third-order valence-electron chi connectivity index (χ3n) is 4.85. The fraction of sp³-hybridized carbons (Fsp3) is 0.368. The molecule has 1 fully saturated rings. The maximum Gasteiger partial charge on any atom is 0.318 e. The van der Waals surface area contributed by atoms with Crippen molar-refractivity contribution in [3.63, 3.8) is 0 Å². The number of aromatic nitrogens is 4. The first-order chi connectivity index (χ1) is 13.8. The fourth-order valence-electron chi connectivity index (χ4n) is 2.99. The lowest BCUT2D eigenvalue weighted by atomic mass is 10.1. The predicted octanol–water partition coefficient (Wildman–Crippen LogP) is 2.32. The molecule has 4 rings (SSSR count). The molecule has 156 valence electrons. The van der Waals surface area contributed by atoms with E-state index in [0.29, 0.717) is 36.2 Å². The van der Waals surface area contributed by atoms with E-state index in [0.717, 1.165) is 5.56 Å². The largest absolute Gasteiger partial charge is 0.401 e. The zero-order valence-corrected chi connectivity index (χ0v) is 17.2. The van der Waals surface area contributed by atoms with E-state index in [-0.39, 0.29) is 19.7 Å². The lowest BCUT2D eigenvalue weighted by Gasteiger charge is -2.34. The zero-order valence-electron chi connectivity index (χ0n) is 16.4. The Morgan fingerprint density at radius 1 is 1.21 bits per heavy atom. The van der Waals surface area contributed by atoms with E-state index in [4.69, 9.17) is 10.2 Å². The molecule has 2 N–H and O–H groups in total. The zero-order chi connectivity index (χ0) is 20.8. The van der Waals surface area contributed by atoms with E-state index in [9.17, 15) is 8.42 Å². The Morgan fingerprint density at radius 3 is 2.52 bits per heavy atom. The van der Waals surface area contributed by atoms with Crippen LogP contribution in [0.4, 0.5) is 6.01 Å². The molecule has 1 aromatic carbocycles. The van der Waals surface area contributed by atoms with Crippen molar-refractivity contribution in [3.05, 3.63) is 36.2 Å². The molecule has 0 spiro atoms. The van der Waals surface area contributed by atoms with E-state index < -0.39 is 15.1 Å². The third-order valence-corrected chi connectivity index (χ3v) is 7.02. The Balaban J connectivity index is 0.00000171. The van der Waals surface area contributed by atoms with Gasteiger partial charge in [0.1, 0.15) is 5.69 Å². The summed E-state index contributed by atoms with van der Waals surface area (Å²) in [4.78, 5) is 11.2. The Morgan fingerprint density at radius 2 is 1.90 bits per heavy atom. The van der Waals surface area contributed by atoms with E-state index in [2.05, 4.69) is 20.2 Å². The van der Waals surface area contributed by atoms with Crippen molar-refractivity contribution in [2.45, 2.75) is 37.0 Å². The van der Waals surface area contributed by atoms with Crippen molar-refractivity contribution in [3.8, 4) is 22.8 Å². The number of anilines is 1. The van der Waals surface area contributed by atoms with Gasteiger partial charge in [-0.1, -0.05) is 17.2 Å². The molecule has 0 aliphatic carbocycles. The molecule has 1 aliphatic rings. The van der Waals surface area contributed by atoms with Crippen molar-refractivity contribution < 1.29 is 15.7 Å². The highest BCUT2D eigenvalue weighted by molar-refractivity contribution is 7.92.